The van der Waals surface area contributed by atoms with Crippen LogP contribution in [0.5, 0.6) is 0 Å². The van der Waals surface area contributed by atoms with Gasteiger partial charge in [0.25, 0.3) is 0 Å². The van der Waals surface area contributed by atoms with Crippen LogP contribution in [0.3, 0.4) is 0 Å². The second-order valence-electron chi connectivity index (χ2n) is 6.95. The molecule has 0 radical (unpaired) electrons. The number of aliphatic imine (C=N–C) groups is 1. The second kappa shape index (κ2) is 13.4. The van der Waals surface area contributed by atoms with Crippen molar-refractivity contribution in [1.82, 2.24) is 10.6 Å². The van der Waals surface area contributed by atoms with Crippen LogP contribution in [0.2, 0.25) is 0 Å². The van der Waals surface area contributed by atoms with Gasteiger partial charge in [-0.25, -0.2) is 0 Å². The van der Waals surface area contributed by atoms with Gasteiger partial charge in [0.15, 0.2) is 5.96 Å². The molecule has 0 amide bonds. The molecule has 2 rings (SSSR count). The average molecular weight is 356 g/mol. The Morgan fingerprint density at radius 1 is 0.880 bits per heavy atom. The van der Waals surface area contributed by atoms with Crippen LogP contribution in [0.4, 0.5) is 0 Å². The Morgan fingerprint density at radius 3 is 2.00 bits per heavy atom. The normalized spacial score (nSPS) is 20.6. The van der Waals surface area contributed by atoms with E-state index < -0.39 is 0 Å². The molecule has 1 aliphatic heterocycles. The van der Waals surface area contributed by atoms with Crippen LogP contribution in [0, 0.1) is 0 Å². The highest BCUT2D eigenvalue weighted by molar-refractivity contribution is 5.79. The first kappa shape index (κ1) is 20.5. The molecule has 25 heavy (non-hydrogen) atoms. The third-order valence-electron chi connectivity index (χ3n) is 4.88. The predicted molar refractivity (Wildman–Crippen MR) is 101 cm³/mol. The molecule has 2 N–H and O–H groups in total. The van der Waals surface area contributed by atoms with E-state index in [1.54, 1.807) is 0 Å². The summed E-state index contributed by atoms with van der Waals surface area (Å²) in [6.45, 7) is 5.08. The Bertz CT molecular complexity index is 324. The van der Waals surface area contributed by atoms with Gasteiger partial charge < -0.3 is 24.8 Å². The number of nitrogens with zero attached hydrogens (tertiary/aromatic N) is 1. The van der Waals surface area contributed by atoms with E-state index in [0.717, 1.165) is 71.2 Å². The third-order valence-corrected chi connectivity index (χ3v) is 4.88. The van der Waals surface area contributed by atoms with Gasteiger partial charge in [-0.15, -0.1) is 0 Å². The third kappa shape index (κ3) is 9.42. The lowest BCUT2D eigenvalue weighted by Gasteiger charge is -2.22. The van der Waals surface area contributed by atoms with Crippen LogP contribution in [-0.4, -0.2) is 64.7 Å². The summed E-state index contributed by atoms with van der Waals surface area (Å²) in [5.41, 5.74) is 0. The summed E-state index contributed by atoms with van der Waals surface area (Å²) in [4.78, 5) is 4.26. The van der Waals surface area contributed by atoms with Gasteiger partial charge in [0.05, 0.1) is 12.2 Å². The molecule has 6 heteroatoms. The summed E-state index contributed by atoms with van der Waals surface area (Å²) >= 11 is 0. The summed E-state index contributed by atoms with van der Waals surface area (Å²) in [5.74, 6) is 0.865. The topological polar surface area (TPSA) is 64.1 Å². The molecular formula is C19H37N3O3. The molecule has 6 nitrogen and oxygen atoms in total. The molecule has 1 heterocycles. The van der Waals surface area contributed by atoms with Crippen LogP contribution >= 0.6 is 0 Å². The van der Waals surface area contributed by atoms with E-state index in [-0.39, 0.29) is 0 Å². The number of ether oxygens (including phenoxy) is 3. The quantitative estimate of drug-likeness (QED) is 0.358. The van der Waals surface area contributed by atoms with Crippen molar-refractivity contribution in [2.75, 3.05) is 46.6 Å². The summed E-state index contributed by atoms with van der Waals surface area (Å²) in [7, 11) is 1.81. The molecule has 0 unspecified atom stereocenters. The fourth-order valence-electron chi connectivity index (χ4n) is 3.35. The molecule has 2 aliphatic rings. The minimum Gasteiger partial charge on any atom is -0.381 e. The lowest BCUT2D eigenvalue weighted by atomic mass is 9.98. The largest absolute Gasteiger partial charge is 0.381 e. The maximum atomic E-state index is 5.94. The van der Waals surface area contributed by atoms with Gasteiger partial charge >= 0.3 is 0 Å². The van der Waals surface area contributed by atoms with Crippen LogP contribution < -0.4 is 10.6 Å². The van der Waals surface area contributed by atoms with Crippen molar-refractivity contribution in [3.63, 3.8) is 0 Å². The van der Waals surface area contributed by atoms with Crippen molar-refractivity contribution in [3.8, 4) is 0 Å². The summed E-state index contributed by atoms with van der Waals surface area (Å²) < 4.78 is 17.2. The molecule has 0 bridgehead atoms. The van der Waals surface area contributed by atoms with Gasteiger partial charge in [-0.1, -0.05) is 19.3 Å². The van der Waals surface area contributed by atoms with Crippen molar-refractivity contribution >= 4 is 5.96 Å². The molecule has 0 aromatic carbocycles. The van der Waals surface area contributed by atoms with Crippen molar-refractivity contribution in [2.45, 2.75) is 70.0 Å². The van der Waals surface area contributed by atoms with Crippen molar-refractivity contribution in [2.24, 2.45) is 4.99 Å². The first-order valence-corrected chi connectivity index (χ1v) is 10.1. The Kier molecular flexibility index (Phi) is 10.9. The molecule has 0 spiro atoms. The molecule has 2 fully saturated rings. The summed E-state index contributed by atoms with van der Waals surface area (Å²) in [5, 5.41) is 6.69. The summed E-state index contributed by atoms with van der Waals surface area (Å²) in [6, 6.07) is 0. The van der Waals surface area contributed by atoms with Gasteiger partial charge in [-0.3, -0.25) is 4.99 Å². The molecule has 0 atom stereocenters. The fourth-order valence-corrected chi connectivity index (χ4v) is 3.35. The number of nitrogens with one attached hydrogen (secondary N) is 2. The first-order valence-electron chi connectivity index (χ1n) is 10.1. The SMILES string of the molecule is CN=C(NCCCOC1CCCCC1)NCCCOC1CCOCC1. The van der Waals surface area contributed by atoms with E-state index >= 15 is 0 Å². The van der Waals surface area contributed by atoms with Crippen LogP contribution in [-0.2, 0) is 14.2 Å². The molecule has 1 saturated carbocycles. The zero-order valence-electron chi connectivity index (χ0n) is 15.9. The Morgan fingerprint density at radius 2 is 1.44 bits per heavy atom. The van der Waals surface area contributed by atoms with E-state index in [0.29, 0.717) is 12.2 Å². The van der Waals surface area contributed by atoms with E-state index in [1.807, 2.05) is 7.05 Å². The zero-order chi connectivity index (χ0) is 17.6. The van der Waals surface area contributed by atoms with E-state index in [2.05, 4.69) is 15.6 Å². The number of hydrogen-bond acceptors (Lipinski definition) is 4. The Labute approximate surface area is 153 Å². The van der Waals surface area contributed by atoms with Crippen molar-refractivity contribution in [3.05, 3.63) is 0 Å². The maximum absolute atomic E-state index is 5.94. The number of rotatable bonds is 10. The average Bonchev–Trinajstić information content (AvgIpc) is 2.67. The smallest absolute Gasteiger partial charge is 0.190 e. The highest BCUT2D eigenvalue weighted by Crippen LogP contribution is 2.20. The van der Waals surface area contributed by atoms with Crippen LogP contribution in [0.25, 0.3) is 0 Å². The standard InChI is InChI=1S/C19H37N3O3/c1-20-19(21-11-5-13-24-17-7-3-2-4-8-17)22-12-6-14-25-18-9-15-23-16-10-18/h17-18H,2-16H2,1H3,(H2,20,21,22). The first-order chi connectivity index (χ1) is 12.4. The maximum Gasteiger partial charge on any atom is 0.190 e. The minimum absolute atomic E-state index is 0.385. The molecular weight excluding hydrogens is 318 g/mol. The monoisotopic (exact) mass is 355 g/mol. The predicted octanol–water partition coefficient (Wildman–Crippen LogP) is 2.48. The highest BCUT2D eigenvalue weighted by atomic mass is 16.5. The zero-order valence-corrected chi connectivity index (χ0v) is 15.9. The van der Waals surface area contributed by atoms with Gasteiger partial charge in [0.2, 0.25) is 0 Å². The van der Waals surface area contributed by atoms with Crippen molar-refractivity contribution in [1.29, 1.82) is 0 Å². The lowest BCUT2D eigenvalue weighted by molar-refractivity contribution is -0.0320. The lowest BCUT2D eigenvalue weighted by Crippen LogP contribution is -2.39. The second-order valence-corrected chi connectivity index (χ2v) is 6.95. The van der Waals surface area contributed by atoms with E-state index in [9.17, 15) is 0 Å². The number of hydrogen-bond donors (Lipinski definition) is 2. The Balaban J connectivity index is 1.41. The van der Waals surface area contributed by atoms with Crippen LogP contribution in [0.15, 0.2) is 4.99 Å². The van der Waals surface area contributed by atoms with Crippen molar-refractivity contribution < 1.29 is 14.2 Å². The van der Waals surface area contributed by atoms with Crippen LogP contribution in [0.1, 0.15) is 57.8 Å². The van der Waals surface area contributed by atoms with Gasteiger partial charge in [0.1, 0.15) is 0 Å². The molecule has 146 valence electrons. The fraction of sp³-hybridized carbons (Fsp3) is 0.947. The van der Waals surface area contributed by atoms with E-state index in [1.165, 1.54) is 32.1 Å². The molecule has 0 aromatic rings. The van der Waals surface area contributed by atoms with Gasteiger partial charge in [-0.05, 0) is 38.5 Å². The Hall–Kier alpha value is -0.850. The molecule has 1 aliphatic carbocycles. The molecule has 0 aromatic heterocycles. The summed E-state index contributed by atoms with van der Waals surface area (Å²) in [6.07, 6.45) is 11.5. The van der Waals surface area contributed by atoms with Gasteiger partial charge in [0, 0.05) is 46.6 Å². The van der Waals surface area contributed by atoms with Gasteiger partial charge in [-0.2, -0.15) is 0 Å². The molecule has 1 saturated heterocycles. The van der Waals surface area contributed by atoms with E-state index in [4.69, 9.17) is 14.2 Å². The number of guanidine groups is 1. The minimum atomic E-state index is 0.385. The highest BCUT2D eigenvalue weighted by Gasteiger charge is 2.14.